The van der Waals surface area contributed by atoms with Crippen LogP contribution in [0, 0.1) is 0 Å². The summed E-state index contributed by atoms with van der Waals surface area (Å²) in [4.78, 5) is 26.1. The van der Waals surface area contributed by atoms with Crippen LogP contribution in [-0.4, -0.2) is 70.3 Å². The van der Waals surface area contributed by atoms with Gasteiger partial charge in [-0.3, -0.25) is 0 Å². The summed E-state index contributed by atoms with van der Waals surface area (Å²) in [7, 11) is 1.60. The number of ether oxygens (including phenoxy) is 2. The third-order valence-corrected chi connectivity index (χ3v) is 6.22. The van der Waals surface area contributed by atoms with Crippen LogP contribution in [0.4, 0.5) is 15.3 Å². The normalized spacial score (nSPS) is 18.6. The molecule has 1 heterocycles. The van der Waals surface area contributed by atoms with Crippen molar-refractivity contribution in [1.82, 2.24) is 10.0 Å². The highest BCUT2D eigenvalue weighted by Gasteiger charge is 2.39. The number of hydrogen-bond acceptors (Lipinski definition) is 5. The number of fused-ring (bicyclic) bond motifs is 1. The molecule has 1 aromatic carbocycles. The molecule has 0 spiro atoms. The number of anilines is 1. The molecule has 0 radical (unpaired) electrons. The predicted molar refractivity (Wildman–Crippen MR) is 121 cm³/mol. The van der Waals surface area contributed by atoms with E-state index < -0.39 is 24.3 Å². The van der Waals surface area contributed by atoms with Crippen molar-refractivity contribution in [3.05, 3.63) is 17.7 Å². The molecular weight excluding hydrogens is 414 g/mol. The van der Waals surface area contributed by atoms with Crippen LogP contribution in [0.25, 0.3) is 0 Å². The molecule has 0 saturated heterocycles. The standard InChI is InChI=1S/C23H35N3O6/c1-14(2)24-13-17(26(23(29)30)25(15(3)4)22(27)28)10-16-11-20(31-5)21(12-19(16)24)32-18-8-6-7-9-18/h11-12,14-15,17-18H,6-10,13H2,1-5H3,(H,27,28)(H,29,30)/t17-/m1/s1. The maximum Gasteiger partial charge on any atom is 0.426 e. The second kappa shape index (κ2) is 9.75. The maximum absolute atomic E-state index is 12.2. The van der Waals surface area contributed by atoms with Crippen molar-refractivity contribution in [2.24, 2.45) is 0 Å². The number of carbonyl (C=O) groups is 2. The van der Waals surface area contributed by atoms with Gasteiger partial charge in [-0.15, -0.1) is 0 Å². The molecule has 3 rings (SSSR count). The Kier molecular flexibility index (Phi) is 7.26. The Labute approximate surface area is 189 Å². The van der Waals surface area contributed by atoms with Gasteiger partial charge in [-0.05, 0) is 71.4 Å². The van der Waals surface area contributed by atoms with Crippen LogP contribution in [0.3, 0.4) is 0 Å². The first-order valence-corrected chi connectivity index (χ1v) is 11.3. The van der Waals surface area contributed by atoms with E-state index in [0.29, 0.717) is 24.5 Å². The molecule has 2 amide bonds. The van der Waals surface area contributed by atoms with Crippen LogP contribution < -0.4 is 14.4 Å². The summed E-state index contributed by atoms with van der Waals surface area (Å²) < 4.78 is 11.9. The van der Waals surface area contributed by atoms with E-state index in [0.717, 1.165) is 34.1 Å². The molecular formula is C23H35N3O6. The smallest absolute Gasteiger partial charge is 0.426 e. The number of amides is 2. The Bertz CT molecular complexity index is 837. The number of hydrazine groups is 1. The van der Waals surface area contributed by atoms with Gasteiger partial charge in [-0.2, -0.15) is 0 Å². The molecule has 2 N–H and O–H groups in total. The van der Waals surface area contributed by atoms with Crippen molar-refractivity contribution >= 4 is 17.9 Å². The largest absolute Gasteiger partial charge is 0.493 e. The van der Waals surface area contributed by atoms with Gasteiger partial charge in [0.2, 0.25) is 0 Å². The van der Waals surface area contributed by atoms with Crippen molar-refractivity contribution < 1.29 is 29.3 Å². The highest BCUT2D eigenvalue weighted by molar-refractivity contribution is 5.73. The van der Waals surface area contributed by atoms with E-state index in [1.807, 2.05) is 26.0 Å². The Morgan fingerprint density at radius 2 is 1.72 bits per heavy atom. The molecule has 178 valence electrons. The Morgan fingerprint density at radius 1 is 1.06 bits per heavy atom. The quantitative estimate of drug-likeness (QED) is 0.619. The number of benzene rings is 1. The SMILES string of the molecule is COc1cc2c(cc1OC1CCCC1)N(C(C)C)C[C@H](N(C(=O)O)N(C(=O)O)C(C)C)C2. The molecule has 1 aliphatic heterocycles. The first-order chi connectivity index (χ1) is 15.1. The summed E-state index contributed by atoms with van der Waals surface area (Å²) in [6.07, 6.45) is 2.38. The molecule has 0 unspecified atom stereocenters. The van der Waals surface area contributed by atoms with Crippen LogP contribution in [0.5, 0.6) is 11.5 Å². The molecule has 32 heavy (non-hydrogen) atoms. The fourth-order valence-electron chi connectivity index (χ4n) is 4.74. The van der Waals surface area contributed by atoms with Crippen LogP contribution >= 0.6 is 0 Å². The van der Waals surface area contributed by atoms with Gasteiger partial charge in [-0.25, -0.2) is 19.6 Å². The fourth-order valence-corrected chi connectivity index (χ4v) is 4.74. The fraction of sp³-hybridized carbons (Fsp3) is 0.652. The highest BCUT2D eigenvalue weighted by Crippen LogP contribution is 2.41. The average Bonchev–Trinajstić information content (AvgIpc) is 3.22. The van der Waals surface area contributed by atoms with Crippen molar-refractivity contribution in [3.8, 4) is 11.5 Å². The van der Waals surface area contributed by atoms with Gasteiger partial charge in [0, 0.05) is 24.3 Å². The molecule has 2 aliphatic rings. The minimum Gasteiger partial charge on any atom is -0.493 e. The van der Waals surface area contributed by atoms with Gasteiger partial charge in [0.15, 0.2) is 11.5 Å². The van der Waals surface area contributed by atoms with Crippen molar-refractivity contribution in [3.63, 3.8) is 0 Å². The van der Waals surface area contributed by atoms with Gasteiger partial charge < -0.3 is 24.6 Å². The number of rotatable bonds is 6. The molecule has 0 bridgehead atoms. The first kappa shape index (κ1) is 23.8. The second-order valence-electron chi connectivity index (χ2n) is 9.11. The Balaban J connectivity index is 2.00. The zero-order chi connectivity index (χ0) is 23.6. The predicted octanol–water partition coefficient (Wildman–Crippen LogP) is 4.44. The molecule has 1 atom stereocenters. The minimum absolute atomic E-state index is 0.0808. The van der Waals surface area contributed by atoms with Crippen LogP contribution in [-0.2, 0) is 6.42 Å². The number of hydrogen-bond donors (Lipinski definition) is 2. The molecule has 0 aromatic heterocycles. The minimum atomic E-state index is -1.29. The number of methoxy groups -OCH3 is 1. The van der Waals surface area contributed by atoms with Crippen LogP contribution in [0.2, 0.25) is 0 Å². The van der Waals surface area contributed by atoms with E-state index in [2.05, 4.69) is 4.90 Å². The third kappa shape index (κ3) is 4.81. The van der Waals surface area contributed by atoms with E-state index >= 15 is 0 Å². The summed E-state index contributed by atoms with van der Waals surface area (Å²) in [6.45, 7) is 7.78. The van der Waals surface area contributed by atoms with E-state index in [4.69, 9.17) is 9.47 Å². The first-order valence-electron chi connectivity index (χ1n) is 11.3. The zero-order valence-electron chi connectivity index (χ0n) is 19.6. The summed E-state index contributed by atoms with van der Waals surface area (Å²) in [6, 6.07) is 2.89. The van der Waals surface area contributed by atoms with Gasteiger partial charge in [0.1, 0.15) is 0 Å². The molecule has 9 heteroatoms. The molecule has 9 nitrogen and oxygen atoms in total. The molecule has 1 aromatic rings. The monoisotopic (exact) mass is 449 g/mol. The highest BCUT2D eigenvalue weighted by atomic mass is 16.5. The van der Waals surface area contributed by atoms with Crippen molar-refractivity contribution in [2.75, 3.05) is 18.6 Å². The van der Waals surface area contributed by atoms with Crippen molar-refractivity contribution in [1.29, 1.82) is 0 Å². The van der Waals surface area contributed by atoms with Gasteiger partial charge in [0.05, 0.1) is 25.3 Å². The van der Waals surface area contributed by atoms with E-state index in [1.54, 1.807) is 21.0 Å². The summed E-state index contributed by atoms with van der Waals surface area (Å²) >= 11 is 0. The summed E-state index contributed by atoms with van der Waals surface area (Å²) in [5.74, 6) is 1.31. The lowest BCUT2D eigenvalue weighted by Crippen LogP contribution is -2.61. The Hall–Kier alpha value is -2.84. The van der Waals surface area contributed by atoms with Gasteiger partial charge >= 0.3 is 12.2 Å². The third-order valence-electron chi connectivity index (χ3n) is 6.22. The van der Waals surface area contributed by atoms with Crippen LogP contribution in [0.1, 0.15) is 58.9 Å². The average molecular weight is 450 g/mol. The molecule has 1 saturated carbocycles. The lowest BCUT2D eigenvalue weighted by atomic mass is 9.95. The zero-order valence-corrected chi connectivity index (χ0v) is 19.6. The lowest BCUT2D eigenvalue weighted by Gasteiger charge is -2.45. The second-order valence-corrected chi connectivity index (χ2v) is 9.11. The topological polar surface area (TPSA) is 103 Å². The molecule has 1 fully saturated rings. The molecule has 1 aliphatic carbocycles. The Morgan fingerprint density at radius 3 is 2.22 bits per heavy atom. The van der Waals surface area contributed by atoms with Crippen LogP contribution in [0.15, 0.2) is 12.1 Å². The lowest BCUT2D eigenvalue weighted by molar-refractivity contribution is -0.0425. The number of nitrogens with zero attached hydrogens (tertiary/aromatic N) is 3. The van der Waals surface area contributed by atoms with Gasteiger partial charge in [-0.1, -0.05) is 0 Å². The maximum atomic E-state index is 12.2. The van der Waals surface area contributed by atoms with E-state index in [-0.39, 0.29) is 12.1 Å². The van der Waals surface area contributed by atoms with E-state index in [9.17, 15) is 19.8 Å². The summed E-state index contributed by atoms with van der Waals surface area (Å²) in [5, 5.41) is 21.5. The van der Waals surface area contributed by atoms with Gasteiger partial charge in [0.25, 0.3) is 0 Å². The number of carboxylic acid groups (broad SMARTS) is 2. The van der Waals surface area contributed by atoms with E-state index in [1.165, 1.54) is 12.8 Å². The van der Waals surface area contributed by atoms with Crippen molar-refractivity contribution in [2.45, 2.75) is 84.0 Å². The summed E-state index contributed by atoms with van der Waals surface area (Å²) in [5.41, 5.74) is 1.88.